The van der Waals surface area contributed by atoms with Crippen LogP contribution in [0.1, 0.15) is 46.6 Å². The van der Waals surface area contributed by atoms with Crippen LogP contribution in [0.4, 0.5) is 30.7 Å². The number of aliphatic hydroxyl groups is 2. The molecule has 4 rings (SSSR count). The highest BCUT2D eigenvalue weighted by atomic mass is 19.4. The van der Waals surface area contributed by atoms with E-state index in [0.29, 0.717) is 17.7 Å². The molecule has 16 heteroatoms. The van der Waals surface area contributed by atoms with Gasteiger partial charge in [0.15, 0.2) is 12.0 Å². The van der Waals surface area contributed by atoms with Crippen molar-refractivity contribution in [2.45, 2.75) is 50.2 Å². The first-order chi connectivity index (χ1) is 20.8. The van der Waals surface area contributed by atoms with Crippen LogP contribution in [0, 0.1) is 5.82 Å². The Balaban J connectivity index is 1.76. The lowest BCUT2D eigenvalue weighted by Crippen LogP contribution is -2.51. The number of carbonyl (C=O) groups excluding carboxylic acids is 1. The van der Waals surface area contributed by atoms with Crippen LogP contribution in [-0.2, 0) is 28.7 Å². The number of alkyl halides is 6. The average Bonchev–Trinajstić information content (AvgIpc) is 3.27. The highest BCUT2D eigenvalue weighted by molar-refractivity contribution is 5.94. The van der Waals surface area contributed by atoms with Gasteiger partial charge in [-0.1, -0.05) is 6.07 Å². The van der Waals surface area contributed by atoms with Crippen molar-refractivity contribution in [3.63, 3.8) is 0 Å². The molecule has 0 saturated heterocycles. The predicted octanol–water partition coefficient (Wildman–Crippen LogP) is 4.52. The maximum Gasteiger partial charge on any atom is 0.424 e. The Kier molecular flexibility index (Phi) is 9.09. The van der Waals surface area contributed by atoms with Crippen LogP contribution in [0.2, 0.25) is 0 Å². The fourth-order valence-electron chi connectivity index (χ4n) is 4.56. The van der Waals surface area contributed by atoms with Gasteiger partial charge in [-0.15, -0.1) is 0 Å². The second kappa shape index (κ2) is 12.1. The lowest BCUT2D eigenvalue weighted by Gasteiger charge is -2.31. The number of aliphatic hydroxyl groups excluding tert-OH is 1. The molecule has 0 bridgehead atoms. The minimum Gasteiger partial charge on any atom is -0.496 e. The average molecular weight is 648 g/mol. The zero-order valence-corrected chi connectivity index (χ0v) is 23.9. The molecule has 0 radical (unpaired) electrons. The first kappa shape index (κ1) is 33.9. The number of hydrogen-bond acceptors (Lipinski definition) is 8. The van der Waals surface area contributed by atoms with Gasteiger partial charge in [0.1, 0.15) is 23.9 Å². The van der Waals surface area contributed by atoms with E-state index in [2.05, 4.69) is 4.98 Å². The summed E-state index contributed by atoms with van der Waals surface area (Å²) in [4.78, 5) is 16.8. The van der Waals surface area contributed by atoms with Gasteiger partial charge in [-0.2, -0.15) is 26.3 Å². The number of nitrogens with one attached hydrogen (secondary N) is 1. The summed E-state index contributed by atoms with van der Waals surface area (Å²) in [5.74, 6) is -2.80. The largest absolute Gasteiger partial charge is 0.496 e. The third-order valence-electron chi connectivity index (χ3n) is 7.08. The topological polar surface area (TPSA) is 136 Å². The summed E-state index contributed by atoms with van der Waals surface area (Å²) >= 11 is 0. The molecule has 244 valence electrons. The maximum absolute atomic E-state index is 14.6. The molecule has 45 heavy (non-hydrogen) atoms. The number of pyridine rings is 1. The van der Waals surface area contributed by atoms with E-state index in [9.17, 15) is 45.7 Å². The summed E-state index contributed by atoms with van der Waals surface area (Å²) in [6.07, 6.45) is -11.7. The van der Waals surface area contributed by atoms with E-state index in [-0.39, 0.29) is 35.8 Å². The molecule has 3 aromatic rings. The molecule has 0 fully saturated rings. The maximum atomic E-state index is 14.6. The van der Waals surface area contributed by atoms with Gasteiger partial charge in [0, 0.05) is 22.3 Å². The van der Waals surface area contributed by atoms with Gasteiger partial charge in [0.25, 0.3) is 5.91 Å². The van der Waals surface area contributed by atoms with Gasteiger partial charge in [-0.3, -0.25) is 4.79 Å². The van der Waals surface area contributed by atoms with E-state index < -0.39 is 70.6 Å². The smallest absolute Gasteiger partial charge is 0.424 e. The molecule has 0 spiro atoms. The molecule has 2 heterocycles. The Morgan fingerprint density at radius 2 is 1.84 bits per heavy atom. The van der Waals surface area contributed by atoms with Crippen molar-refractivity contribution in [3.05, 3.63) is 76.2 Å². The van der Waals surface area contributed by atoms with Crippen molar-refractivity contribution < 1.29 is 60.0 Å². The number of amides is 1. The number of ether oxygens (including phenoxy) is 3. The monoisotopic (exact) mass is 647 g/mol. The molecule has 1 aromatic heterocycles. The Morgan fingerprint density at radius 1 is 1.16 bits per heavy atom. The van der Waals surface area contributed by atoms with Gasteiger partial charge in [0.05, 0.1) is 37.1 Å². The van der Waals surface area contributed by atoms with Crippen LogP contribution in [0.25, 0.3) is 11.3 Å². The Hall–Kier alpha value is -3.99. The zero-order chi connectivity index (χ0) is 33.5. The van der Waals surface area contributed by atoms with Gasteiger partial charge in [-0.25, -0.2) is 9.37 Å². The molecule has 0 aliphatic carbocycles. The van der Waals surface area contributed by atoms with Crippen molar-refractivity contribution in [1.29, 1.82) is 0 Å². The van der Waals surface area contributed by atoms with Gasteiger partial charge in [0.2, 0.25) is 5.60 Å². The minimum atomic E-state index is -5.48. The number of methoxy groups -OCH3 is 1. The lowest BCUT2D eigenvalue weighted by atomic mass is 9.89. The van der Waals surface area contributed by atoms with Crippen molar-refractivity contribution in [2.75, 3.05) is 20.3 Å². The first-order valence-corrected chi connectivity index (χ1v) is 13.2. The second-order valence-electron chi connectivity index (χ2n) is 10.6. The minimum absolute atomic E-state index is 0.106. The van der Waals surface area contributed by atoms with E-state index in [1.807, 2.05) is 5.32 Å². The number of fused-ring (bicyclic) bond motifs is 1. The number of carbonyl (C=O) groups is 1. The van der Waals surface area contributed by atoms with E-state index in [1.165, 1.54) is 39.2 Å². The van der Waals surface area contributed by atoms with E-state index in [4.69, 9.17) is 19.9 Å². The van der Waals surface area contributed by atoms with Crippen LogP contribution in [0.15, 0.2) is 42.5 Å². The van der Waals surface area contributed by atoms with Crippen molar-refractivity contribution >= 4 is 5.91 Å². The second-order valence-corrected chi connectivity index (χ2v) is 10.6. The van der Waals surface area contributed by atoms with Gasteiger partial charge >= 0.3 is 12.4 Å². The number of benzene rings is 2. The van der Waals surface area contributed by atoms with Crippen molar-refractivity contribution in [1.82, 2.24) is 10.3 Å². The number of nitrogens with zero attached hydrogens (tertiary/aromatic N) is 1. The van der Waals surface area contributed by atoms with E-state index in [1.54, 1.807) is 0 Å². The number of halogens is 7. The quantitative estimate of drug-likeness (QED) is 0.197. The molecule has 9 nitrogen and oxygen atoms in total. The standard InChI is InChI=1S/C29H28F7N3O6/c1-14(40)44-11-17-5-4-16(9-21(17)43-3)25(41)38-12-27(42,29(34,35)36)22-10-19-24(45-13-26(19,2)37)23(39-22)15-6-7-20(30)18(8-15)28(31,32)33/h4-10,14,40,42H,11-13,37H2,1-3H3,(H,38,41)/t14-,26?,27?/m0/s1. The molecule has 2 unspecified atom stereocenters. The van der Waals surface area contributed by atoms with Crippen LogP contribution in [0.5, 0.6) is 11.5 Å². The summed E-state index contributed by atoms with van der Waals surface area (Å²) in [5.41, 5.74) is -2.83. The van der Waals surface area contributed by atoms with Crippen molar-refractivity contribution in [2.24, 2.45) is 5.73 Å². The summed E-state index contributed by atoms with van der Waals surface area (Å²) in [6.45, 7) is 0.876. The number of hydrogen-bond donors (Lipinski definition) is 4. The van der Waals surface area contributed by atoms with Crippen LogP contribution in [-0.4, -0.2) is 53.8 Å². The number of aromatic nitrogens is 1. The molecule has 2 aromatic carbocycles. The predicted molar refractivity (Wildman–Crippen MR) is 143 cm³/mol. The molecule has 1 amide bonds. The van der Waals surface area contributed by atoms with Gasteiger partial charge in [-0.05, 0) is 50.2 Å². The number of nitrogens with two attached hydrogens (primary N) is 1. The summed E-state index contributed by atoms with van der Waals surface area (Å²) in [6, 6.07) is 6.35. The molecule has 1 aliphatic heterocycles. The Bertz CT molecular complexity index is 1590. The summed E-state index contributed by atoms with van der Waals surface area (Å²) < 4.78 is 114. The van der Waals surface area contributed by atoms with Crippen molar-refractivity contribution in [3.8, 4) is 22.8 Å². The molecular weight excluding hydrogens is 619 g/mol. The summed E-state index contributed by atoms with van der Waals surface area (Å²) in [5, 5.41) is 22.4. The lowest BCUT2D eigenvalue weighted by molar-refractivity contribution is -0.265. The number of rotatable bonds is 9. The molecule has 1 aliphatic rings. The fourth-order valence-corrected chi connectivity index (χ4v) is 4.56. The normalized spacial score (nSPS) is 18.5. The Morgan fingerprint density at radius 3 is 2.44 bits per heavy atom. The van der Waals surface area contributed by atoms with E-state index in [0.717, 1.165) is 12.1 Å². The molecule has 5 N–H and O–H groups in total. The summed E-state index contributed by atoms with van der Waals surface area (Å²) in [7, 11) is 1.27. The Labute approximate surface area is 251 Å². The van der Waals surface area contributed by atoms with E-state index >= 15 is 0 Å². The SMILES string of the molecule is COc1cc(C(=O)NCC(O)(c2cc3c(c(-c4ccc(F)c(C(F)(F)F)c4)n2)OCC3(C)N)C(F)(F)F)ccc1CO[C@@H](C)O. The molecular formula is C29H28F7N3O6. The zero-order valence-electron chi connectivity index (χ0n) is 23.9. The third-order valence-corrected chi connectivity index (χ3v) is 7.08. The van der Waals surface area contributed by atoms with Crippen LogP contribution < -0.4 is 20.5 Å². The van der Waals surface area contributed by atoms with Gasteiger partial charge < -0.3 is 35.5 Å². The highest BCUT2D eigenvalue weighted by Gasteiger charge is 2.57. The fraction of sp³-hybridized carbons (Fsp3) is 0.379. The van der Waals surface area contributed by atoms with Crippen LogP contribution in [0.3, 0.4) is 0 Å². The molecule has 3 atom stereocenters. The molecule has 0 saturated carbocycles. The highest BCUT2D eigenvalue weighted by Crippen LogP contribution is 2.47. The first-order valence-electron chi connectivity index (χ1n) is 13.2. The third kappa shape index (κ3) is 6.83. The van der Waals surface area contributed by atoms with Crippen LogP contribution >= 0.6 is 0 Å².